The molecule has 88 valence electrons. The van der Waals surface area contributed by atoms with Crippen LogP contribution < -0.4 is 0 Å². The molecule has 1 rings (SSSR count). The molecule has 1 aromatic rings. The van der Waals surface area contributed by atoms with Gasteiger partial charge in [0.2, 0.25) is 0 Å². The summed E-state index contributed by atoms with van der Waals surface area (Å²) in [6, 6.07) is 5.56. The lowest BCUT2D eigenvalue weighted by molar-refractivity contribution is -0.141. The summed E-state index contributed by atoms with van der Waals surface area (Å²) < 4.78 is 4.99. The van der Waals surface area contributed by atoms with Crippen LogP contribution in [0.3, 0.4) is 0 Å². The van der Waals surface area contributed by atoms with Crippen LogP contribution in [-0.2, 0) is 22.6 Å². The van der Waals surface area contributed by atoms with Gasteiger partial charge >= 0.3 is 5.97 Å². The number of carboxylic acids is 1. The molecule has 0 amide bonds. The van der Waals surface area contributed by atoms with E-state index < -0.39 is 11.9 Å². The zero-order valence-corrected chi connectivity index (χ0v) is 10.1. The molecule has 0 aromatic heterocycles. The summed E-state index contributed by atoms with van der Waals surface area (Å²) in [5.74, 6) is -1.19. The highest BCUT2D eigenvalue weighted by atomic mass is 35.5. The number of halogens is 1. The topological polar surface area (TPSA) is 46.5 Å². The van der Waals surface area contributed by atoms with Gasteiger partial charge < -0.3 is 9.84 Å². The van der Waals surface area contributed by atoms with Gasteiger partial charge in [0.1, 0.15) is 0 Å². The van der Waals surface area contributed by atoms with E-state index in [-0.39, 0.29) is 0 Å². The Labute approximate surface area is 100.0 Å². The van der Waals surface area contributed by atoms with Crippen LogP contribution in [0.2, 0.25) is 5.02 Å². The molecule has 0 aliphatic rings. The van der Waals surface area contributed by atoms with Crippen molar-refractivity contribution in [2.45, 2.75) is 20.0 Å². The minimum absolute atomic E-state index is 0.399. The molecule has 16 heavy (non-hydrogen) atoms. The Morgan fingerprint density at radius 2 is 2.25 bits per heavy atom. The number of carboxylic acid groups (broad SMARTS) is 1. The molecule has 0 aliphatic carbocycles. The average molecular weight is 243 g/mol. The van der Waals surface area contributed by atoms with Gasteiger partial charge in [0.15, 0.2) is 0 Å². The molecule has 0 saturated carbocycles. The van der Waals surface area contributed by atoms with E-state index in [0.717, 1.165) is 11.1 Å². The highest BCUT2D eigenvalue weighted by Crippen LogP contribution is 2.20. The van der Waals surface area contributed by atoms with Gasteiger partial charge in [-0.15, -0.1) is 0 Å². The summed E-state index contributed by atoms with van der Waals surface area (Å²) in [6.07, 6.45) is 0.488. The zero-order chi connectivity index (χ0) is 12.1. The van der Waals surface area contributed by atoms with E-state index in [1.807, 2.05) is 12.1 Å². The Kier molecular flexibility index (Phi) is 4.77. The normalized spacial score (nSPS) is 12.4. The molecule has 0 aliphatic heterocycles. The summed E-state index contributed by atoms with van der Waals surface area (Å²) in [4.78, 5) is 10.7. The fraction of sp³-hybridized carbons (Fsp3) is 0.417. The van der Waals surface area contributed by atoms with Crippen molar-refractivity contribution in [3.8, 4) is 0 Å². The molecule has 1 aromatic carbocycles. The average Bonchev–Trinajstić information content (AvgIpc) is 2.22. The summed E-state index contributed by atoms with van der Waals surface area (Å²) in [7, 11) is 1.61. The number of hydrogen-bond donors (Lipinski definition) is 1. The van der Waals surface area contributed by atoms with E-state index in [1.54, 1.807) is 20.1 Å². The maximum Gasteiger partial charge on any atom is 0.306 e. The van der Waals surface area contributed by atoms with E-state index in [0.29, 0.717) is 18.1 Å². The molecule has 0 spiro atoms. The number of aliphatic carboxylic acids is 1. The van der Waals surface area contributed by atoms with Gasteiger partial charge in [-0.05, 0) is 23.6 Å². The predicted octanol–water partition coefficient (Wildman–Crippen LogP) is 2.75. The molecular formula is C12H15ClO3. The van der Waals surface area contributed by atoms with Crippen molar-refractivity contribution in [3.63, 3.8) is 0 Å². The van der Waals surface area contributed by atoms with E-state index in [2.05, 4.69) is 0 Å². The Morgan fingerprint density at radius 3 is 2.75 bits per heavy atom. The highest BCUT2D eigenvalue weighted by molar-refractivity contribution is 6.31. The minimum atomic E-state index is -0.794. The van der Waals surface area contributed by atoms with E-state index in [9.17, 15) is 4.79 Å². The maximum absolute atomic E-state index is 10.7. The maximum atomic E-state index is 10.7. The lowest BCUT2D eigenvalue weighted by Gasteiger charge is -2.09. The third-order valence-corrected chi connectivity index (χ3v) is 2.73. The van der Waals surface area contributed by atoms with Crippen molar-refractivity contribution in [1.29, 1.82) is 0 Å². The first-order valence-corrected chi connectivity index (χ1v) is 5.41. The van der Waals surface area contributed by atoms with Gasteiger partial charge in [-0.25, -0.2) is 0 Å². The van der Waals surface area contributed by atoms with Crippen LogP contribution in [0.1, 0.15) is 18.1 Å². The van der Waals surface area contributed by atoms with Crippen LogP contribution >= 0.6 is 11.6 Å². The monoisotopic (exact) mass is 242 g/mol. The van der Waals surface area contributed by atoms with E-state index in [4.69, 9.17) is 21.4 Å². The molecule has 1 atom stereocenters. The fourth-order valence-corrected chi connectivity index (χ4v) is 1.69. The number of carbonyl (C=O) groups is 1. The van der Waals surface area contributed by atoms with Crippen molar-refractivity contribution in [2.24, 2.45) is 5.92 Å². The smallest absolute Gasteiger partial charge is 0.306 e. The lowest BCUT2D eigenvalue weighted by atomic mass is 10.0. The van der Waals surface area contributed by atoms with Crippen molar-refractivity contribution >= 4 is 17.6 Å². The number of rotatable bonds is 5. The van der Waals surface area contributed by atoms with E-state index >= 15 is 0 Å². The number of methoxy groups -OCH3 is 1. The molecule has 0 bridgehead atoms. The predicted molar refractivity (Wildman–Crippen MR) is 62.7 cm³/mol. The number of ether oxygens (including phenoxy) is 1. The first-order valence-electron chi connectivity index (χ1n) is 5.03. The minimum Gasteiger partial charge on any atom is -0.481 e. The van der Waals surface area contributed by atoms with Crippen LogP contribution in [0.25, 0.3) is 0 Å². The second-order valence-corrected chi connectivity index (χ2v) is 4.21. The Hall–Kier alpha value is -1.06. The van der Waals surface area contributed by atoms with Gasteiger partial charge in [-0.2, -0.15) is 0 Å². The fourth-order valence-electron chi connectivity index (χ4n) is 1.43. The van der Waals surface area contributed by atoms with Crippen LogP contribution in [0.15, 0.2) is 18.2 Å². The van der Waals surface area contributed by atoms with Crippen LogP contribution in [0.4, 0.5) is 0 Å². The third kappa shape index (κ3) is 3.51. The summed E-state index contributed by atoms with van der Waals surface area (Å²) in [5.41, 5.74) is 1.84. The highest BCUT2D eigenvalue weighted by Gasteiger charge is 2.12. The molecule has 4 heteroatoms. The summed E-state index contributed by atoms with van der Waals surface area (Å²) in [6.45, 7) is 2.15. The molecule has 0 heterocycles. The SMILES string of the molecule is COCc1ccc(CC(C)C(=O)O)cc1Cl. The first-order chi connectivity index (χ1) is 7.54. The zero-order valence-electron chi connectivity index (χ0n) is 9.37. The molecule has 0 fully saturated rings. The van der Waals surface area contributed by atoms with E-state index in [1.165, 1.54) is 0 Å². The van der Waals surface area contributed by atoms with Crippen LogP contribution in [0, 0.1) is 5.92 Å². The summed E-state index contributed by atoms with van der Waals surface area (Å²) >= 11 is 6.04. The summed E-state index contributed by atoms with van der Waals surface area (Å²) in [5, 5.41) is 9.42. The second-order valence-electron chi connectivity index (χ2n) is 3.80. The number of benzene rings is 1. The van der Waals surface area contributed by atoms with Crippen LogP contribution in [0.5, 0.6) is 0 Å². The second kappa shape index (κ2) is 5.87. The van der Waals surface area contributed by atoms with Crippen molar-refractivity contribution in [1.82, 2.24) is 0 Å². The largest absolute Gasteiger partial charge is 0.481 e. The molecule has 1 N–H and O–H groups in total. The Bertz CT molecular complexity index is 377. The standard InChI is InChI=1S/C12H15ClO3/c1-8(12(14)15)5-9-3-4-10(7-16-2)11(13)6-9/h3-4,6,8H,5,7H2,1-2H3,(H,14,15). The molecule has 3 nitrogen and oxygen atoms in total. The van der Waals surface area contributed by atoms with Gasteiger partial charge in [0, 0.05) is 12.1 Å². The Balaban J connectivity index is 2.77. The van der Waals surface area contributed by atoms with Crippen molar-refractivity contribution in [2.75, 3.05) is 7.11 Å². The van der Waals surface area contributed by atoms with Crippen molar-refractivity contribution in [3.05, 3.63) is 34.3 Å². The van der Waals surface area contributed by atoms with Crippen molar-refractivity contribution < 1.29 is 14.6 Å². The van der Waals surface area contributed by atoms with Crippen LogP contribution in [-0.4, -0.2) is 18.2 Å². The first kappa shape index (κ1) is 13.0. The quantitative estimate of drug-likeness (QED) is 0.864. The molecule has 0 radical (unpaired) electrons. The third-order valence-electron chi connectivity index (χ3n) is 2.38. The molecule has 1 unspecified atom stereocenters. The molecule has 0 saturated heterocycles. The lowest BCUT2D eigenvalue weighted by Crippen LogP contribution is -2.12. The van der Waals surface area contributed by atoms with Gasteiger partial charge in [-0.1, -0.05) is 30.7 Å². The number of hydrogen-bond acceptors (Lipinski definition) is 2. The van der Waals surface area contributed by atoms with Gasteiger partial charge in [0.25, 0.3) is 0 Å². The molecular weight excluding hydrogens is 228 g/mol. The van der Waals surface area contributed by atoms with Gasteiger partial charge in [0.05, 0.1) is 12.5 Å². The Morgan fingerprint density at radius 1 is 1.56 bits per heavy atom. The van der Waals surface area contributed by atoms with Gasteiger partial charge in [-0.3, -0.25) is 4.79 Å².